The summed E-state index contributed by atoms with van der Waals surface area (Å²) < 4.78 is 5.62. The van der Waals surface area contributed by atoms with Crippen molar-refractivity contribution in [1.29, 1.82) is 0 Å². The van der Waals surface area contributed by atoms with Gasteiger partial charge in [0.25, 0.3) is 0 Å². The van der Waals surface area contributed by atoms with Crippen LogP contribution in [0.25, 0.3) is 0 Å². The van der Waals surface area contributed by atoms with Gasteiger partial charge in [0, 0.05) is 19.1 Å². The molecule has 0 bridgehead atoms. The predicted molar refractivity (Wildman–Crippen MR) is 61.7 cm³/mol. The average Bonchev–Trinajstić information content (AvgIpc) is 2.26. The summed E-state index contributed by atoms with van der Waals surface area (Å²) in [5.41, 5.74) is 1.39. The Bertz CT molecular complexity index is 299. The summed E-state index contributed by atoms with van der Waals surface area (Å²) in [5.74, 6) is 0. The molecule has 2 rings (SSSR count). The fourth-order valence-electron chi connectivity index (χ4n) is 2.04. The summed E-state index contributed by atoms with van der Waals surface area (Å²) >= 11 is 0. The van der Waals surface area contributed by atoms with Crippen molar-refractivity contribution in [3.8, 4) is 0 Å². The largest absolute Gasteiger partial charge is 0.376 e. The second-order valence-electron chi connectivity index (χ2n) is 4.27. The second kappa shape index (κ2) is 4.77. The van der Waals surface area contributed by atoms with Crippen molar-refractivity contribution in [1.82, 2.24) is 4.90 Å². The van der Waals surface area contributed by atoms with Crippen LogP contribution in [-0.4, -0.2) is 30.2 Å². The van der Waals surface area contributed by atoms with Gasteiger partial charge in [-0.2, -0.15) is 0 Å². The molecule has 0 aromatic heterocycles. The third kappa shape index (κ3) is 2.58. The number of rotatable bonds is 2. The molecule has 1 aromatic rings. The molecule has 0 N–H and O–H groups in total. The Kier molecular flexibility index (Phi) is 3.39. The Hall–Kier alpha value is -0.860. The standard InChI is InChI=1S/C13H19NO/c1-11-12(2)15-9-8-14(11)10-13-6-4-3-5-7-13/h3-7,11-12H,8-10H2,1-2H3/t11-,12-/m0/s1. The molecule has 1 aliphatic heterocycles. The molecule has 15 heavy (non-hydrogen) atoms. The first kappa shape index (κ1) is 10.7. The molecule has 2 nitrogen and oxygen atoms in total. The van der Waals surface area contributed by atoms with E-state index in [2.05, 4.69) is 49.1 Å². The van der Waals surface area contributed by atoms with E-state index in [9.17, 15) is 0 Å². The van der Waals surface area contributed by atoms with Crippen molar-refractivity contribution >= 4 is 0 Å². The van der Waals surface area contributed by atoms with Crippen molar-refractivity contribution in [3.05, 3.63) is 35.9 Å². The van der Waals surface area contributed by atoms with E-state index in [1.807, 2.05) is 0 Å². The highest BCUT2D eigenvalue weighted by Crippen LogP contribution is 2.16. The third-order valence-corrected chi connectivity index (χ3v) is 3.24. The minimum Gasteiger partial charge on any atom is -0.376 e. The van der Waals surface area contributed by atoms with Gasteiger partial charge in [0.1, 0.15) is 0 Å². The van der Waals surface area contributed by atoms with Crippen LogP contribution in [0.5, 0.6) is 0 Å². The topological polar surface area (TPSA) is 12.5 Å². The maximum Gasteiger partial charge on any atom is 0.0700 e. The van der Waals surface area contributed by atoms with Crippen molar-refractivity contribution in [2.45, 2.75) is 32.5 Å². The Morgan fingerprint density at radius 1 is 1.27 bits per heavy atom. The van der Waals surface area contributed by atoms with E-state index in [4.69, 9.17) is 4.74 Å². The van der Waals surface area contributed by atoms with Crippen molar-refractivity contribution in [2.75, 3.05) is 13.2 Å². The van der Waals surface area contributed by atoms with Crippen LogP contribution in [0.2, 0.25) is 0 Å². The molecule has 0 saturated carbocycles. The average molecular weight is 205 g/mol. The molecule has 0 radical (unpaired) electrons. The number of benzene rings is 1. The lowest BCUT2D eigenvalue weighted by Crippen LogP contribution is -2.47. The maximum absolute atomic E-state index is 5.62. The van der Waals surface area contributed by atoms with Gasteiger partial charge in [0.15, 0.2) is 0 Å². The highest BCUT2D eigenvalue weighted by atomic mass is 16.5. The number of ether oxygens (including phenoxy) is 1. The molecule has 1 aliphatic rings. The van der Waals surface area contributed by atoms with Gasteiger partial charge in [-0.05, 0) is 19.4 Å². The summed E-state index contributed by atoms with van der Waals surface area (Å²) in [7, 11) is 0. The first-order valence-electron chi connectivity index (χ1n) is 5.67. The minimum atomic E-state index is 0.350. The number of nitrogens with zero attached hydrogens (tertiary/aromatic N) is 1. The van der Waals surface area contributed by atoms with E-state index in [0.29, 0.717) is 12.1 Å². The monoisotopic (exact) mass is 205 g/mol. The molecule has 2 heteroatoms. The number of hydrogen-bond acceptors (Lipinski definition) is 2. The third-order valence-electron chi connectivity index (χ3n) is 3.24. The molecule has 1 aromatic carbocycles. The lowest BCUT2D eigenvalue weighted by Gasteiger charge is -2.37. The van der Waals surface area contributed by atoms with E-state index in [1.165, 1.54) is 5.56 Å². The molecule has 0 unspecified atom stereocenters. The van der Waals surface area contributed by atoms with Gasteiger partial charge in [-0.1, -0.05) is 30.3 Å². The van der Waals surface area contributed by atoms with Crippen LogP contribution in [0.15, 0.2) is 30.3 Å². The maximum atomic E-state index is 5.62. The zero-order valence-corrected chi connectivity index (χ0v) is 9.52. The fourth-order valence-corrected chi connectivity index (χ4v) is 2.04. The van der Waals surface area contributed by atoms with Gasteiger partial charge < -0.3 is 4.74 Å². The van der Waals surface area contributed by atoms with Gasteiger partial charge in [-0.3, -0.25) is 4.90 Å². The molecule has 0 amide bonds. The van der Waals surface area contributed by atoms with Crippen molar-refractivity contribution in [2.24, 2.45) is 0 Å². The Balaban J connectivity index is 1.99. The van der Waals surface area contributed by atoms with Crippen molar-refractivity contribution in [3.63, 3.8) is 0 Å². The zero-order chi connectivity index (χ0) is 10.7. The van der Waals surface area contributed by atoms with Gasteiger partial charge in [0.2, 0.25) is 0 Å². The van der Waals surface area contributed by atoms with Crippen LogP contribution in [-0.2, 0) is 11.3 Å². The van der Waals surface area contributed by atoms with E-state index >= 15 is 0 Å². The molecule has 2 atom stereocenters. The predicted octanol–water partition coefficient (Wildman–Crippen LogP) is 2.30. The van der Waals surface area contributed by atoms with E-state index in [-0.39, 0.29) is 0 Å². The Morgan fingerprint density at radius 3 is 2.73 bits per heavy atom. The molecule has 1 heterocycles. The number of morpholine rings is 1. The van der Waals surface area contributed by atoms with Crippen LogP contribution < -0.4 is 0 Å². The molecule has 0 aliphatic carbocycles. The zero-order valence-electron chi connectivity index (χ0n) is 9.52. The molecule has 1 saturated heterocycles. The Labute approximate surface area is 91.9 Å². The molecule has 1 fully saturated rings. The van der Waals surface area contributed by atoms with E-state index < -0.39 is 0 Å². The lowest BCUT2D eigenvalue weighted by molar-refractivity contribution is -0.0584. The van der Waals surface area contributed by atoms with Crippen LogP contribution in [0.4, 0.5) is 0 Å². The van der Waals surface area contributed by atoms with Gasteiger partial charge in [-0.15, -0.1) is 0 Å². The molecule has 0 spiro atoms. The van der Waals surface area contributed by atoms with E-state index in [0.717, 1.165) is 19.7 Å². The highest BCUT2D eigenvalue weighted by Gasteiger charge is 2.24. The van der Waals surface area contributed by atoms with Gasteiger partial charge in [0.05, 0.1) is 12.7 Å². The van der Waals surface area contributed by atoms with Crippen LogP contribution in [0.1, 0.15) is 19.4 Å². The van der Waals surface area contributed by atoms with Crippen LogP contribution >= 0.6 is 0 Å². The summed E-state index contributed by atoms with van der Waals surface area (Å²) in [6.07, 6.45) is 0.350. The second-order valence-corrected chi connectivity index (χ2v) is 4.27. The molecule has 82 valence electrons. The Morgan fingerprint density at radius 2 is 2.00 bits per heavy atom. The summed E-state index contributed by atoms with van der Waals surface area (Å²) in [6.45, 7) is 7.34. The van der Waals surface area contributed by atoms with E-state index in [1.54, 1.807) is 0 Å². The van der Waals surface area contributed by atoms with Crippen LogP contribution in [0, 0.1) is 0 Å². The lowest BCUT2D eigenvalue weighted by atomic mass is 10.1. The minimum absolute atomic E-state index is 0.350. The van der Waals surface area contributed by atoms with Gasteiger partial charge in [-0.25, -0.2) is 0 Å². The first-order valence-corrected chi connectivity index (χ1v) is 5.67. The number of hydrogen-bond donors (Lipinski definition) is 0. The summed E-state index contributed by atoms with van der Waals surface area (Å²) in [4.78, 5) is 2.49. The van der Waals surface area contributed by atoms with Crippen molar-refractivity contribution < 1.29 is 4.74 Å². The SMILES string of the molecule is C[C@@H]1OCCN(Cc2ccccc2)[C@H]1C. The fraction of sp³-hybridized carbons (Fsp3) is 0.538. The summed E-state index contributed by atoms with van der Waals surface area (Å²) in [5, 5.41) is 0. The molecular weight excluding hydrogens is 186 g/mol. The van der Waals surface area contributed by atoms with Crippen LogP contribution in [0.3, 0.4) is 0 Å². The highest BCUT2D eigenvalue weighted by molar-refractivity contribution is 5.14. The van der Waals surface area contributed by atoms with Gasteiger partial charge >= 0.3 is 0 Å². The molecular formula is C13H19NO. The first-order chi connectivity index (χ1) is 7.27. The quantitative estimate of drug-likeness (QED) is 0.734. The normalized spacial score (nSPS) is 27.9. The summed E-state index contributed by atoms with van der Waals surface area (Å²) in [6, 6.07) is 11.2. The smallest absolute Gasteiger partial charge is 0.0700 e.